The van der Waals surface area contributed by atoms with Gasteiger partial charge >= 0.3 is 18.1 Å². The predicted molar refractivity (Wildman–Crippen MR) is 177 cm³/mol. The molecule has 0 aliphatic heterocycles. The average Bonchev–Trinajstić information content (AvgIpc) is 3.07. The summed E-state index contributed by atoms with van der Waals surface area (Å²) in [6.07, 6.45) is 2.87. The Bertz CT molecular complexity index is 1320. The number of benzene rings is 3. The maximum Gasteiger partial charge on any atom is 0.425 e. The third-order valence-corrected chi connectivity index (χ3v) is 7.59. The van der Waals surface area contributed by atoms with Crippen molar-refractivity contribution in [1.29, 1.82) is 0 Å². The number of alkyl halides is 3. The molecule has 6 nitrogen and oxygen atoms in total. The molecule has 0 radical (unpaired) electrons. The number of halogens is 3. The molecule has 0 heterocycles. The fourth-order valence-corrected chi connectivity index (χ4v) is 4.88. The van der Waals surface area contributed by atoms with Crippen molar-refractivity contribution in [2.45, 2.75) is 96.8 Å². The maximum atomic E-state index is 13.5. The van der Waals surface area contributed by atoms with Gasteiger partial charge in [0.2, 0.25) is 0 Å². The lowest BCUT2D eigenvalue weighted by atomic mass is 10.0. The van der Waals surface area contributed by atoms with E-state index in [9.17, 15) is 22.8 Å². The highest BCUT2D eigenvalue weighted by atomic mass is 19.4. The van der Waals surface area contributed by atoms with Gasteiger partial charge in [-0.25, -0.2) is 9.59 Å². The van der Waals surface area contributed by atoms with Crippen molar-refractivity contribution < 1.29 is 41.7 Å². The van der Waals surface area contributed by atoms with Crippen LogP contribution in [-0.2, 0) is 9.47 Å². The van der Waals surface area contributed by atoms with Crippen LogP contribution < -0.4 is 9.47 Å². The molecule has 3 aromatic rings. The van der Waals surface area contributed by atoms with Crippen LogP contribution in [0.25, 0.3) is 11.1 Å². The predicted octanol–water partition coefficient (Wildman–Crippen LogP) is 10.4. The van der Waals surface area contributed by atoms with Gasteiger partial charge in [-0.2, -0.15) is 13.2 Å². The summed E-state index contributed by atoms with van der Waals surface area (Å²) < 4.78 is 61.7. The van der Waals surface area contributed by atoms with Crippen LogP contribution in [0.1, 0.15) is 105 Å². The zero-order valence-corrected chi connectivity index (χ0v) is 27.5. The molecule has 0 bridgehead atoms. The number of hydrogen-bond acceptors (Lipinski definition) is 6. The van der Waals surface area contributed by atoms with Gasteiger partial charge in [0.25, 0.3) is 0 Å². The van der Waals surface area contributed by atoms with Crippen molar-refractivity contribution in [2.24, 2.45) is 0 Å². The molecule has 1 unspecified atom stereocenters. The van der Waals surface area contributed by atoms with Gasteiger partial charge in [0.1, 0.15) is 11.5 Å². The molecule has 0 N–H and O–H groups in total. The SMILES string of the molecule is CCCCCCCCCOc1ccc(-c2ccc(C(=O)Oc3ccc(C(=O)OC(CCCCOCCC)C(F)(F)F)cc3)cc2)cc1. The Balaban J connectivity index is 1.45. The first kappa shape index (κ1) is 37.6. The molecule has 0 amide bonds. The van der Waals surface area contributed by atoms with E-state index in [0.717, 1.165) is 29.7 Å². The van der Waals surface area contributed by atoms with Gasteiger partial charge in [-0.15, -0.1) is 0 Å². The third-order valence-electron chi connectivity index (χ3n) is 7.59. The molecule has 256 valence electrons. The molecule has 9 heteroatoms. The van der Waals surface area contributed by atoms with Gasteiger partial charge < -0.3 is 18.9 Å². The molecule has 0 spiro atoms. The second kappa shape index (κ2) is 20.4. The molecule has 0 saturated carbocycles. The van der Waals surface area contributed by atoms with Crippen LogP contribution in [0.4, 0.5) is 13.2 Å². The topological polar surface area (TPSA) is 71.1 Å². The molecule has 47 heavy (non-hydrogen) atoms. The molecular formula is C38H47F3O6. The van der Waals surface area contributed by atoms with Crippen LogP contribution in [0.5, 0.6) is 11.5 Å². The van der Waals surface area contributed by atoms with E-state index in [1.54, 1.807) is 12.1 Å². The van der Waals surface area contributed by atoms with Crippen molar-refractivity contribution >= 4 is 11.9 Å². The lowest BCUT2D eigenvalue weighted by Gasteiger charge is -2.20. The molecule has 0 aliphatic carbocycles. The Kier molecular flexibility index (Phi) is 16.3. The number of unbranched alkanes of at least 4 members (excludes halogenated alkanes) is 7. The fourth-order valence-electron chi connectivity index (χ4n) is 4.88. The van der Waals surface area contributed by atoms with Crippen molar-refractivity contribution in [1.82, 2.24) is 0 Å². The van der Waals surface area contributed by atoms with E-state index < -0.39 is 24.2 Å². The first-order valence-corrected chi connectivity index (χ1v) is 16.7. The largest absolute Gasteiger partial charge is 0.494 e. The van der Waals surface area contributed by atoms with E-state index in [-0.39, 0.29) is 24.2 Å². The van der Waals surface area contributed by atoms with Gasteiger partial charge in [0, 0.05) is 13.2 Å². The van der Waals surface area contributed by atoms with Gasteiger partial charge in [0.05, 0.1) is 17.7 Å². The van der Waals surface area contributed by atoms with Crippen molar-refractivity contribution in [3.8, 4) is 22.6 Å². The number of rotatable bonds is 21. The quantitative estimate of drug-likeness (QED) is 0.0646. The zero-order chi connectivity index (χ0) is 33.9. The first-order valence-electron chi connectivity index (χ1n) is 16.7. The van der Waals surface area contributed by atoms with Crippen molar-refractivity contribution in [3.63, 3.8) is 0 Å². The van der Waals surface area contributed by atoms with E-state index in [0.29, 0.717) is 31.8 Å². The molecule has 3 aromatic carbocycles. The fraction of sp³-hybridized carbons (Fsp3) is 0.474. The van der Waals surface area contributed by atoms with E-state index in [4.69, 9.17) is 18.9 Å². The minimum Gasteiger partial charge on any atom is -0.494 e. The average molecular weight is 657 g/mol. The molecule has 1 atom stereocenters. The van der Waals surface area contributed by atoms with E-state index in [2.05, 4.69) is 6.92 Å². The van der Waals surface area contributed by atoms with E-state index in [1.165, 1.54) is 62.8 Å². The minimum atomic E-state index is -4.69. The molecule has 0 aromatic heterocycles. The summed E-state index contributed by atoms with van der Waals surface area (Å²) in [5.74, 6) is -0.748. The van der Waals surface area contributed by atoms with Crippen LogP contribution in [0.2, 0.25) is 0 Å². The molecule has 0 fully saturated rings. The lowest BCUT2D eigenvalue weighted by Crippen LogP contribution is -2.34. The summed E-state index contributed by atoms with van der Waals surface area (Å²) >= 11 is 0. The number of carbonyl (C=O) groups is 2. The summed E-state index contributed by atoms with van der Waals surface area (Å²) in [5, 5.41) is 0. The maximum absolute atomic E-state index is 13.5. The van der Waals surface area contributed by atoms with Crippen LogP contribution in [0.15, 0.2) is 72.8 Å². The smallest absolute Gasteiger partial charge is 0.425 e. The van der Waals surface area contributed by atoms with Crippen molar-refractivity contribution in [3.05, 3.63) is 83.9 Å². The number of carbonyl (C=O) groups excluding carboxylic acids is 2. The third kappa shape index (κ3) is 13.8. The Morgan fingerprint density at radius 2 is 1.13 bits per heavy atom. The van der Waals surface area contributed by atoms with Crippen LogP contribution >= 0.6 is 0 Å². The number of esters is 2. The highest BCUT2D eigenvalue weighted by molar-refractivity contribution is 5.92. The first-order chi connectivity index (χ1) is 22.7. The Morgan fingerprint density at radius 3 is 1.74 bits per heavy atom. The van der Waals surface area contributed by atoms with Crippen LogP contribution in [-0.4, -0.2) is 44.0 Å². The van der Waals surface area contributed by atoms with E-state index >= 15 is 0 Å². The second-order valence-electron chi connectivity index (χ2n) is 11.5. The Hall–Kier alpha value is -3.85. The van der Waals surface area contributed by atoms with Crippen LogP contribution in [0.3, 0.4) is 0 Å². The highest BCUT2D eigenvalue weighted by Crippen LogP contribution is 2.28. The summed E-state index contributed by atoms with van der Waals surface area (Å²) in [6.45, 7) is 5.78. The molecule has 0 aliphatic rings. The summed E-state index contributed by atoms with van der Waals surface area (Å²) in [6, 6.07) is 20.0. The van der Waals surface area contributed by atoms with Gasteiger partial charge in [-0.05, 0) is 91.8 Å². The number of ether oxygens (including phenoxy) is 4. The zero-order valence-electron chi connectivity index (χ0n) is 27.5. The van der Waals surface area contributed by atoms with Gasteiger partial charge in [-0.1, -0.05) is 76.6 Å². The number of hydrogen-bond donors (Lipinski definition) is 0. The standard InChI is InChI=1S/C38H47F3O6/c1-3-5-6-7-8-9-11-28-45-33-22-18-30(19-23-33)29-14-16-31(17-15-29)36(42)46-34-24-20-32(21-25-34)37(43)47-35(38(39,40)41)13-10-12-27-44-26-4-2/h14-25,35H,3-13,26-28H2,1-2H3. The molecular weight excluding hydrogens is 609 g/mol. The summed E-state index contributed by atoms with van der Waals surface area (Å²) in [4.78, 5) is 25.2. The monoisotopic (exact) mass is 656 g/mol. The van der Waals surface area contributed by atoms with Crippen molar-refractivity contribution in [2.75, 3.05) is 19.8 Å². The second-order valence-corrected chi connectivity index (χ2v) is 11.5. The normalized spacial score (nSPS) is 12.0. The Labute approximate surface area is 276 Å². The van der Waals surface area contributed by atoms with Crippen LogP contribution in [0, 0.1) is 0 Å². The molecule has 0 saturated heterocycles. The van der Waals surface area contributed by atoms with E-state index in [1.807, 2.05) is 43.3 Å². The lowest BCUT2D eigenvalue weighted by molar-refractivity contribution is -0.206. The minimum absolute atomic E-state index is 0.0797. The Morgan fingerprint density at radius 1 is 0.596 bits per heavy atom. The highest BCUT2D eigenvalue weighted by Gasteiger charge is 2.42. The summed E-state index contributed by atoms with van der Waals surface area (Å²) in [7, 11) is 0. The summed E-state index contributed by atoms with van der Waals surface area (Å²) in [5.41, 5.74) is 2.14. The van der Waals surface area contributed by atoms with Gasteiger partial charge in [-0.3, -0.25) is 0 Å². The van der Waals surface area contributed by atoms with Gasteiger partial charge in [0.15, 0.2) is 6.10 Å². The molecule has 3 rings (SSSR count).